The molecule has 4 amide bonds. The number of hydrogen-bond acceptors (Lipinski definition) is 7. The van der Waals surface area contributed by atoms with Crippen molar-refractivity contribution < 1.29 is 38.5 Å². The van der Waals surface area contributed by atoms with Crippen LogP contribution in [0.5, 0.6) is 17.2 Å². The molecule has 1 fully saturated rings. The predicted molar refractivity (Wildman–Crippen MR) is 122 cm³/mol. The van der Waals surface area contributed by atoms with E-state index in [2.05, 4.69) is 5.32 Å². The van der Waals surface area contributed by atoms with E-state index < -0.39 is 29.9 Å². The zero-order valence-corrected chi connectivity index (χ0v) is 18.9. The largest absolute Gasteiger partial charge is 0.494 e. The van der Waals surface area contributed by atoms with Gasteiger partial charge in [0, 0.05) is 0 Å². The molecule has 1 aliphatic heterocycles. The van der Waals surface area contributed by atoms with Crippen LogP contribution in [0.15, 0.2) is 48.0 Å². The molecule has 0 aromatic heterocycles. The topological polar surface area (TPSA) is 131 Å². The van der Waals surface area contributed by atoms with Crippen molar-refractivity contribution in [2.24, 2.45) is 0 Å². The number of aliphatic carboxylic acids is 1. The minimum absolute atomic E-state index is 0.199. The summed E-state index contributed by atoms with van der Waals surface area (Å²) in [6.07, 6.45) is 0.210. The van der Waals surface area contributed by atoms with Gasteiger partial charge in [-0.1, -0.05) is 6.07 Å². The molecule has 1 heterocycles. The van der Waals surface area contributed by atoms with Gasteiger partial charge in [0.2, 0.25) is 0 Å². The number of hydrogen-bond donors (Lipinski definition) is 2. The quantitative estimate of drug-likeness (QED) is 0.424. The van der Waals surface area contributed by atoms with E-state index in [1.807, 2.05) is 6.92 Å². The van der Waals surface area contributed by atoms with Gasteiger partial charge in [-0.2, -0.15) is 0 Å². The van der Waals surface area contributed by atoms with Gasteiger partial charge >= 0.3 is 12.0 Å². The number of carboxylic acids is 1. The van der Waals surface area contributed by atoms with Gasteiger partial charge < -0.3 is 19.3 Å². The maximum Gasteiger partial charge on any atom is 0.344 e. The van der Waals surface area contributed by atoms with Crippen LogP contribution in [0.2, 0.25) is 0 Å². The number of benzene rings is 2. The summed E-state index contributed by atoms with van der Waals surface area (Å²) in [5.41, 5.74) is 0.424. The maximum atomic E-state index is 13.1. The summed E-state index contributed by atoms with van der Waals surface area (Å²) in [4.78, 5) is 49.9. The number of amides is 4. The summed E-state index contributed by atoms with van der Waals surface area (Å²) < 4.78 is 16.3. The number of ether oxygens (including phenoxy) is 3. The van der Waals surface area contributed by atoms with Crippen molar-refractivity contribution in [1.29, 1.82) is 0 Å². The second-order valence-corrected chi connectivity index (χ2v) is 7.12. The molecule has 1 aliphatic rings. The SMILES string of the molecule is CCOc1ccc(N2C(=O)NC(=O)/C(=C/c3ccc(O[C@H](C)C(=O)O)c(OCC)c3)C2=O)cc1. The Bertz CT molecular complexity index is 1140. The predicted octanol–water partition coefficient (Wildman–Crippen LogP) is 3.00. The first-order valence-corrected chi connectivity index (χ1v) is 10.6. The number of carbonyl (C=O) groups excluding carboxylic acids is 3. The van der Waals surface area contributed by atoms with Gasteiger partial charge in [0.1, 0.15) is 11.3 Å². The highest BCUT2D eigenvalue weighted by Gasteiger charge is 2.36. The van der Waals surface area contributed by atoms with E-state index in [4.69, 9.17) is 19.3 Å². The molecular formula is C24H24N2O8. The second-order valence-electron chi connectivity index (χ2n) is 7.12. The number of nitrogens with one attached hydrogen (secondary N) is 1. The van der Waals surface area contributed by atoms with Gasteiger partial charge in [-0.15, -0.1) is 0 Å². The van der Waals surface area contributed by atoms with E-state index in [-0.39, 0.29) is 29.4 Å². The third-order valence-electron chi connectivity index (χ3n) is 4.74. The molecule has 2 aromatic rings. The lowest BCUT2D eigenvalue weighted by atomic mass is 10.1. The van der Waals surface area contributed by atoms with E-state index in [9.17, 15) is 19.2 Å². The van der Waals surface area contributed by atoms with Crippen LogP contribution in [0.1, 0.15) is 26.3 Å². The van der Waals surface area contributed by atoms with E-state index in [0.29, 0.717) is 17.9 Å². The lowest BCUT2D eigenvalue weighted by Gasteiger charge is -2.26. The van der Waals surface area contributed by atoms with Crippen LogP contribution in [0.25, 0.3) is 6.08 Å². The van der Waals surface area contributed by atoms with Gasteiger partial charge in [0.05, 0.1) is 18.9 Å². The van der Waals surface area contributed by atoms with Crippen LogP contribution < -0.4 is 24.4 Å². The van der Waals surface area contributed by atoms with Gasteiger partial charge in [-0.3, -0.25) is 14.9 Å². The number of rotatable bonds is 9. The second kappa shape index (κ2) is 10.5. The number of anilines is 1. The Morgan fingerprint density at radius 2 is 1.71 bits per heavy atom. The molecule has 0 spiro atoms. The van der Waals surface area contributed by atoms with Crippen LogP contribution in [-0.4, -0.2) is 48.2 Å². The normalized spacial score (nSPS) is 15.7. The van der Waals surface area contributed by atoms with Crippen molar-refractivity contribution in [2.45, 2.75) is 26.9 Å². The van der Waals surface area contributed by atoms with Crippen LogP contribution in [0.4, 0.5) is 10.5 Å². The van der Waals surface area contributed by atoms with Crippen LogP contribution in [-0.2, 0) is 14.4 Å². The zero-order chi connectivity index (χ0) is 24.8. The molecule has 0 saturated carbocycles. The highest BCUT2D eigenvalue weighted by atomic mass is 16.5. The molecule has 2 aromatic carbocycles. The molecule has 0 aliphatic carbocycles. The Morgan fingerprint density at radius 3 is 2.32 bits per heavy atom. The third kappa shape index (κ3) is 5.34. The minimum Gasteiger partial charge on any atom is -0.494 e. The van der Waals surface area contributed by atoms with Crippen molar-refractivity contribution in [1.82, 2.24) is 5.32 Å². The zero-order valence-electron chi connectivity index (χ0n) is 18.9. The summed E-state index contributed by atoms with van der Waals surface area (Å²) in [5.74, 6) is -1.76. The van der Waals surface area contributed by atoms with E-state index in [0.717, 1.165) is 4.90 Å². The minimum atomic E-state index is -1.14. The number of imide groups is 2. The van der Waals surface area contributed by atoms with Crippen molar-refractivity contribution in [3.63, 3.8) is 0 Å². The van der Waals surface area contributed by atoms with Gasteiger partial charge in [0.15, 0.2) is 17.6 Å². The summed E-state index contributed by atoms with van der Waals surface area (Å²) in [7, 11) is 0. The number of carbonyl (C=O) groups is 4. The van der Waals surface area contributed by atoms with Gasteiger partial charge in [-0.05, 0) is 68.8 Å². The molecule has 34 heavy (non-hydrogen) atoms. The van der Waals surface area contributed by atoms with Crippen molar-refractivity contribution in [3.05, 3.63) is 53.6 Å². The standard InChI is InChI=1S/C24H24N2O8/c1-4-32-17-9-7-16(8-10-17)26-22(28)18(21(27)25-24(26)31)12-15-6-11-19(20(13-15)33-5-2)34-14(3)23(29)30/h6-14H,4-5H2,1-3H3,(H,29,30)(H,25,27,31)/b18-12-/t14-/m1/s1. The average molecular weight is 468 g/mol. The highest BCUT2D eigenvalue weighted by Crippen LogP contribution is 2.31. The highest BCUT2D eigenvalue weighted by molar-refractivity contribution is 6.39. The molecule has 178 valence electrons. The first-order valence-electron chi connectivity index (χ1n) is 10.6. The van der Waals surface area contributed by atoms with E-state index >= 15 is 0 Å². The summed E-state index contributed by atoms with van der Waals surface area (Å²) in [6.45, 7) is 5.70. The molecule has 1 saturated heterocycles. The van der Waals surface area contributed by atoms with Crippen molar-refractivity contribution >= 4 is 35.6 Å². The molecule has 1 atom stereocenters. The van der Waals surface area contributed by atoms with Crippen LogP contribution in [0.3, 0.4) is 0 Å². The fourth-order valence-corrected chi connectivity index (χ4v) is 3.14. The smallest absolute Gasteiger partial charge is 0.344 e. The fourth-order valence-electron chi connectivity index (χ4n) is 3.14. The molecule has 3 rings (SSSR count). The van der Waals surface area contributed by atoms with Crippen molar-refractivity contribution in [2.75, 3.05) is 18.1 Å². The molecule has 2 N–H and O–H groups in total. The van der Waals surface area contributed by atoms with Crippen LogP contribution in [0, 0.1) is 0 Å². The number of nitrogens with zero attached hydrogens (tertiary/aromatic N) is 1. The maximum absolute atomic E-state index is 13.1. The monoisotopic (exact) mass is 468 g/mol. The Hall–Kier alpha value is -4.34. The summed E-state index contributed by atoms with van der Waals surface area (Å²) in [5, 5.41) is 11.2. The summed E-state index contributed by atoms with van der Waals surface area (Å²) >= 11 is 0. The Kier molecular flexibility index (Phi) is 7.52. The number of carboxylic acid groups (broad SMARTS) is 1. The summed E-state index contributed by atoms with van der Waals surface area (Å²) in [6, 6.07) is 9.98. The molecular weight excluding hydrogens is 444 g/mol. The first-order chi connectivity index (χ1) is 16.2. The molecule has 10 heteroatoms. The lowest BCUT2D eigenvalue weighted by molar-refractivity contribution is -0.144. The molecule has 0 unspecified atom stereocenters. The number of urea groups is 1. The number of barbiturate groups is 1. The Labute approximate surface area is 195 Å². The molecule has 10 nitrogen and oxygen atoms in total. The Balaban J connectivity index is 1.93. The van der Waals surface area contributed by atoms with E-state index in [1.54, 1.807) is 31.2 Å². The molecule has 0 bridgehead atoms. The lowest BCUT2D eigenvalue weighted by Crippen LogP contribution is -2.54. The Morgan fingerprint density at radius 1 is 1.03 bits per heavy atom. The third-order valence-corrected chi connectivity index (χ3v) is 4.74. The fraction of sp³-hybridized carbons (Fsp3) is 0.250. The first kappa shape index (κ1) is 24.3. The average Bonchev–Trinajstić information content (AvgIpc) is 2.79. The van der Waals surface area contributed by atoms with Crippen LogP contribution >= 0.6 is 0 Å². The molecule has 0 radical (unpaired) electrons. The van der Waals surface area contributed by atoms with Gasteiger partial charge in [-0.25, -0.2) is 14.5 Å². The van der Waals surface area contributed by atoms with Crippen molar-refractivity contribution in [3.8, 4) is 17.2 Å². The van der Waals surface area contributed by atoms with E-state index in [1.165, 1.54) is 31.2 Å². The van der Waals surface area contributed by atoms with Gasteiger partial charge in [0.25, 0.3) is 11.8 Å².